The van der Waals surface area contributed by atoms with Crippen LogP contribution in [0.3, 0.4) is 0 Å². The van der Waals surface area contributed by atoms with E-state index >= 15 is 0 Å². The molecule has 0 aliphatic carbocycles. The van der Waals surface area contributed by atoms with Gasteiger partial charge in [0.2, 0.25) is 0 Å². The zero-order valence-electron chi connectivity index (χ0n) is 7.37. The van der Waals surface area contributed by atoms with Gasteiger partial charge in [0, 0.05) is 12.1 Å². The van der Waals surface area contributed by atoms with Crippen molar-refractivity contribution in [2.45, 2.75) is 9.79 Å². The van der Waals surface area contributed by atoms with E-state index in [1.807, 2.05) is 36.9 Å². The minimum absolute atomic E-state index is 1.16. The summed E-state index contributed by atoms with van der Waals surface area (Å²) in [6.45, 7) is 0. The van der Waals surface area contributed by atoms with E-state index in [0.29, 0.717) is 0 Å². The Bertz CT molecular complexity index is 397. The lowest BCUT2D eigenvalue weighted by Gasteiger charge is -2.15. The van der Waals surface area contributed by atoms with E-state index in [1.54, 1.807) is 11.8 Å². The number of anilines is 2. The minimum atomic E-state index is 1.16. The van der Waals surface area contributed by atoms with Crippen LogP contribution in [0.4, 0.5) is 11.4 Å². The Morgan fingerprint density at radius 3 is 2.07 bits per heavy atom. The van der Waals surface area contributed by atoms with Gasteiger partial charge in [-0.15, -0.1) is 0 Å². The van der Waals surface area contributed by atoms with Crippen LogP contribution in [0.1, 0.15) is 0 Å². The molecule has 0 saturated carbocycles. The summed E-state index contributed by atoms with van der Waals surface area (Å²) in [7, 11) is 0. The fourth-order valence-electron chi connectivity index (χ4n) is 1.47. The fourth-order valence-corrected chi connectivity index (χ4v) is 2.42. The van der Waals surface area contributed by atoms with Crippen molar-refractivity contribution in [1.82, 2.24) is 0 Å². The molecule has 3 heterocycles. The molecule has 0 aromatic carbocycles. The molecule has 0 bridgehead atoms. The summed E-state index contributed by atoms with van der Waals surface area (Å²) in [6.07, 6.45) is 7.85. The van der Waals surface area contributed by atoms with E-state index < -0.39 is 0 Å². The predicted molar refractivity (Wildman–Crippen MR) is 53.4 cm³/mol. The summed E-state index contributed by atoms with van der Waals surface area (Å²) in [5.74, 6) is 0. The first-order valence-corrected chi connectivity index (χ1v) is 5.20. The van der Waals surface area contributed by atoms with Crippen LogP contribution in [0, 0.1) is 0 Å². The number of pyridine rings is 2. The van der Waals surface area contributed by atoms with Crippen molar-refractivity contribution in [3.63, 3.8) is 0 Å². The predicted octanol–water partition coefficient (Wildman–Crippen LogP) is 1.52. The molecule has 2 aromatic heterocycles. The highest BCUT2D eigenvalue weighted by Crippen LogP contribution is 2.41. The van der Waals surface area contributed by atoms with E-state index in [4.69, 9.17) is 0 Å². The van der Waals surface area contributed by atoms with Gasteiger partial charge in [0.15, 0.2) is 24.8 Å². The van der Waals surface area contributed by atoms with Gasteiger partial charge >= 0.3 is 0 Å². The quantitative estimate of drug-likeness (QED) is 0.602. The topological polar surface area (TPSA) is 40.3 Å². The maximum Gasteiger partial charge on any atom is 0.183 e. The second-order valence-corrected chi connectivity index (χ2v) is 4.16. The molecule has 14 heavy (non-hydrogen) atoms. The molecule has 3 nitrogen and oxygen atoms in total. The molecule has 0 spiro atoms. The Balaban J connectivity index is 2.12. The van der Waals surface area contributed by atoms with E-state index in [-0.39, 0.29) is 0 Å². The molecule has 3 rings (SSSR count). The molecule has 0 atom stereocenters. The normalized spacial score (nSPS) is 12.6. The van der Waals surface area contributed by atoms with Gasteiger partial charge in [0.25, 0.3) is 0 Å². The molecule has 0 unspecified atom stereocenters. The number of hydrogen-bond donors (Lipinski definition) is 1. The summed E-state index contributed by atoms with van der Waals surface area (Å²) >= 11 is 1.76. The Kier molecular flexibility index (Phi) is 1.67. The van der Waals surface area contributed by atoms with E-state index in [2.05, 4.69) is 15.3 Å². The van der Waals surface area contributed by atoms with Crippen LogP contribution < -0.4 is 15.3 Å². The standard InChI is InChI=1S/C10H7N3S/c1-3-11-5-9-7(1)13-8-2-4-12-6-10(8)14-9/h1-6,13H/p+2. The largest absolute Gasteiger partial charge is 0.353 e. The zero-order chi connectivity index (χ0) is 9.38. The number of aromatic nitrogens is 2. The Hall–Kier alpha value is -1.55. The number of nitrogens with one attached hydrogen (secondary N) is 3. The first-order valence-electron chi connectivity index (χ1n) is 4.38. The third-order valence-corrected chi connectivity index (χ3v) is 3.26. The monoisotopic (exact) mass is 203 g/mol. The number of hydrogen-bond acceptors (Lipinski definition) is 2. The highest BCUT2D eigenvalue weighted by Gasteiger charge is 2.18. The van der Waals surface area contributed by atoms with Crippen LogP contribution in [0.25, 0.3) is 0 Å². The lowest BCUT2D eigenvalue weighted by molar-refractivity contribution is -0.381. The third kappa shape index (κ3) is 1.15. The van der Waals surface area contributed by atoms with Crippen molar-refractivity contribution in [2.24, 2.45) is 0 Å². The molecule has 4 heteroatoms. The van der Waals surface area contributed by atoms with Gasteiger partial charge in [-0.05, 0) is 0 Å². The Morgan fingerprint density at radius 1 is 0.929 bits per heavy atom. The van der Waals surface area contributed by atoms with Crippen molar-refractivity contribution < 1.29 is 9.97 Å². The summed E-state index contributed by atoms with van der Waals surface area (Å²) < 4.78 is 0. The van der Waals surface area contributed by atoms with Crippen LogP contribution in [0.2, 0.25) is 0 Å². The number of rotatable bonds is 0. The molecule has 0 saturated heterocycles. The third-order valence-electron chi connectivity index (χ3n) is 2.14. The molecule has 0 radical (unpaired) electrons. The van der Waals surface area contributed by atoms with E-state index in [0.717, 1.165) is 11.4 Å². The smallest absolute Gasteiger partial charge is 0.183 e. The second kappa shape index (κ2) is 2.99. The number of fused-ring (bicyclic) bond motifs is 2. The Morgan fingerprint density at radius 2 is 1.50 bits per heavy atom. The maximum absolute atomic E-state index is 3.38. The molecule has 1 aliphatic heterocycles. The van der Waals surface area contributed by atoms with Gasteiger partial charge in [-0.25, -0.2) is 9.97 Å². The van der Waals surface area contributed by atoms with Gasteiger partial charge < -0.3 is 5.32 Å². The van der Waals surface area contributed by atoms with Gasteiger partial charge in [0.05, 0.1) is 21.2 Å². The molecule has 0 amide bonds. The van der Waals surface area contributed by atoms with Gasteiger partial charge in [0.1, 0.15) is 0 Å². The maximum atomic E-state index is 3.38. The zero-order valence-corrected chi connectivity index (χ0v) is 8.19. The summed E-state index contributed by atoms with van der Waals surface area (Å²) in [5, 5.41) is 3.38. The van der Waals surface area contributed by atoms with Crippen molar-refractivity contribution in [3.05, 3.63) is 36.9 Å². The van der Waals surface area contributed by atoms with Crippen LogP contribution in [-0.2, 0) is 0 Å². The Labute approximate surface area is 85.6 Å². The molecule has 3 N–H and O–H groups in total. The highest BCUT2D eigenvalue weighted by atomic mass is 32.2. The van der Waals surface area contributed by atoms with Crippen LogP contribution in [0.5, 0.6) is 0 Å². The SMILES string of the molecule is c1cc2c(c[nH+]1)Sc1c[nH+]ccc1N2. The summed E-state index contributed by atoms with van der Waals surface area (Å²) in [5.41, 5.74) is 2.32. The molecule has 1 aliphatic rings. The first-order chi connectivity index (χ1) is 6.93. The van der Waals surface area contributed by atoms with Crippen LogP contribution in [-0.4, -0.2) is 0 Å². The van der Waals surface area contributed by atoms with E-state index in [9.17, 15) is 0 Å². The number of H-pyrrole nitrogens is 2. The summed E-state index contributed by atoms with van der Waals surface area (Å²) in [6, 6.07) is 4.09. The highest BCUT2D eigenvalue weighted by molar-refractivity contribution is 7.99. The first kappa shape index (κ1) is 7.82. The lowest BCUT2D eigenvalue weighted by Crippen LogP contribution is -2.09. The lowest BCUT2D eigenvalue weighted by atomic mass is 10.3. The second-order valence-electron chi connectivity index (χ2n) is 3.07. The van der Waals surface area contributed by atoms with Gasteiger partial charge in [-0.2, -0.15) is 0 Å². The minimum Gasteiger partial charge on any atom is -0.353 e. The van der Waals surface area contributed by atoms with Gasteiger partial charge in [-0.1, -0.05) is 11.8 Å². The van der Waals surface area contributed by atoms with Crippen LogP contribution in [0.15, 0.2) is 46.7 Å². The average Bonchev–Trinajstić information content (AvgIpc) is 2.26. The molecule has 68 valence electrons. The average molecular weight is 203 g/mol. The molecular formula is C10H9N3S+2. The van der Waals surface area contributed by atoms with Crippen molar-refractivity contribution in [2.75, 3.05) is 5.32 Å². The molecular weight excluding hydrogens is 194 g/mol. The number of aromatic amines is 2. The van der Waals surface area contributed by atoms with Crippen LogP contribution >= 0.6 is 11.8 Å². The van der Waals surface area contributed by atoms with Gasteiger partial charge in [-0.3, -0.25) is 0 Å². The molecule has 0 fully saturated rings. The fraction of sp³-hybridized carbons (Fsp3) is 0. The van der Waals surface area contributed by atoms with Crippen molar-refractivity contribution in [1.29, 1.82) is 0 Å². The van der Waals surface area contributed by atoms with Crippen molar-refractivity contribution >= 4 is 23.1 Å². The van der Waals surface area contributed by atoms with Crippen molar-refractivity contribution in [3.8, 4) is 0 Å². The molecule has 2 aromatic rings. The summed E-state index contributed by atoms with van der Waals surface area (Å²) in [4.78, 5) is 8.60. The van der Waals surface area contributed by atoms with E-state index in [1.165, 1.54) is 9.79 Å².